The van der Waals surface area contributed by atoms with Crippen molar-refractivity contribution in [3.63, 3.8) is 0 Å². The van der Waals surface area contributed by atoms with Crippen molar-refractivity contribution in [1.29, 1.82) is 5.26 Å². The highest BCUT2D eigenvalue weighted by Crippen LogP contribution is 2.36. The Bertz CT molecular complexity index is 715. The van der Waals surface area contributed by atoms with E-state index in [-0.39, 0.29) is 6.04 Å². The summed E-state index contributed by atoms with van der Waals surface area (Å²) in [5.74, 6) is 0.641. The molecule has 0 aromatic carbocycles. The maximum Gasteiger partial charge on any atom is 0.211 e. The zero-order valence-electron chi connectivity index (χ0n) is 12.3. The number of sulfonamides is 1. The van der Waals surface area contributed by atoms with Crippen LogP contribution in [0.15, 0.2) is 18.2 Å². The van der Waals surface area contributed by atoms with E-state index in [0.29, 0.717) is 37.6 Å². The first-order chi connectivity index (χ1) is 10.4. The van der Waals surface area contributed by atoms with Crippen LogP contribution < -0.4 is 5.32 Å². The Kier molecular flexibility index (Phi) is 3.80. The highest BCUT2D eigenvalue weighted by Gasteiger charge is 2.47. The largest absolute Gasteiger partial charge is 0.371 e. The summed E-state index contributed by atoms with van der Waals surface area (Å²) < 4.78 is 30.6. The van der Waals surface area contributed by atoms with Gasteiger partial charge < -0.3 is 10.1 Å². The summed E-state index contributed by atoms with van der Waals surface area (Å²) in [5, 5.41) is 12.1. The van der Waals surface area contributed by atoms with Gasteiger partial charge in [0.05, 0.1) is 24.5 Å². The van der Waals surface area contributed by atoms with E-state index >= 15 is 0 Å². The van der Waals surface area contributed by atoms with E-state index in [1.54, 1.807) is 12.1 Å². The van der Waals surface area contributed by atoms with Gasteiger partial charge in [0.2, 0.25) is 10.0 Å². The first-order valence-corrected chi connectivity index (χ1v) is 8.98. The van der Waals surface area contributed by atoms with Crippen molar-refractivity contribution in [2.45, 2.75) is 24.5 Å². The number of ether oxygens (including phenoxy) is 1. The van der Waals surface area contributed by atoms with Crippen LogP contribution in [0.4, 0.5) is 5.82 Å². The van der Waals surface area contributed by atoms with Crippen molar-refractivity contribution in [3.05, 3.63) is 23.9 Å². The average molecular weight is 322 g/mol. The second kappa shape index (κ2) is 5.50. The Balaban J connectivity index is 1.65. The minimum atomic E-state index is -3.17. The van der Waals surface area contributed by atoms with Crippen LogP contribution in [0.1, 0.15) is 18.5 Å². The summed E-state index contributed by atoms with van der Waals surface area (Å²) >= 11 is 0. The first-order valence-electron chi connectivity index (χ1n) is 7.13. The highest BCUT2D eigenvalue weighted by atomic mass is 32.2. The maximum absolute atomic E-state index is 11.6. The minimum absolute atomic E-state index is 0.0703. The molecular formula is C14H18N4O3S. The van der Waals surface area contributed by atoms with Gasteiger partial charge in [-0.3, -0.25) is 0 Å². The van der Waals surface area contributed by atoms with Gasteiger partial charge in [0.25, 0.3) is 0 Å². The minimum Gasteiger partial charge on any atom is -0.371 e. The lowest BCUT2D eigenvalue weighted by molar-refractivity contribution is 0.0173. The monoisotopic (exact) mass is 322 g/mol. The predicted octanol–water partition coefficient (Wildman–Crippen LogP) is 0.558. The third-order valence-corrected chi connectivity index (χ3v) is 5.42. The van der Waals surface area contributed by atoms with Crippen LogP contribution in [0, 0.1) is 11.3 Å². The SMILES string of the molecule is CS(=O)(=O)N1CC[C@@]2(C[C@H](Nc3cccc(C#N)n3)CO2)C1. The normalized spacial score (nSPS) is 28.8. The van der Waals surface area contributed by atoms with Crippen LogP contribution in [0.3, 0.4) is 0 Å². The molecule has 8 heteroatoms. The second-order valence-corrected chi connectivity index (χ2v) is 7.89. The Hall–Kier alpha value is -1.69. The van der Waals surface area contributed by atoms with E-state index in [1.165, 1.54) is 10.6 Å². The van der Waals surface area contributed by atoms with Crippen molar-refractivity contribution in [1.82, 2.24) is 9.29 Å². The number of hydrogen-bond acceptors (Lipinski definition) is 6. The second-order valence-electron chi connectivity index (χ2n) is 5.91. The molecule has 1 aromatic heterocycles. The number of nitrogens with zero attached hydrogens (tertiary/aromatic N) is 3. The summed E-state index contributed by atoms with van der Waals surface area (Å²) in [7, 11) is -3.17. The average Bonchev–Trinajstić information content (AvgIpc) is 3.07. The molecule has 2 fully saturated rings. The standard InChI is InChI=1S/C14H18N4O3S/c1-22(19,20)18-6-5-14(10-18)7-12(9-21-14)17-13-4-2-3-11(8-15)16-13/h2-4,12H,5-7,9-10H2,1H3,(H,16,17)/t12-,14+/m0/s1. The van der Waals surface area contributed by atoms with Crippen molar-refractivity contribution in [2.75, 3.05) is 31.3 Å². The topological polar surface area (TPSA) is 95.3 Å². The lowest BCUT2D eigenvalue weighted by atomic mass is 9.97. The lowest BCUT2D eigenvalue weighted by Gasteiger charge is -2.22. The number of pyridine rings is 1. The van der Waals surface area contributed by atoms with Gasteiger partial charge in [0.1, 0.15) is 17.6 Å². The van der Waals surface area contributed by atoms with Crippen LogP contribution in [0.2, 0.25) is 0 Å². The van der Waals surface area contributed by atoms with Gasteiger partial charge in [-0.25, -0.2) is 13.4 Å². The molecule has 7 nitrogen and oxygen atoms in total. The molecule has 1 aromatic rings. The zero-order chi connectivity index (χ0) is 15.8. The Morgan fingerprint density at radius 2 is 2.36 bits per heavy atom. The number of rotatable bonds is 3. The zero-order valence-corrected chi connectivity index (χ0v) is 13.1. The molecule has 118 valence electrons. The van der Waals surface area contributed by atoms with E-state index in [1.807, 2.05) is 12.1 Å². The molecule has 0 saturated carbocycles. The summed E-state index contributed by atoms with van der Waals surface area (Å²) in [6, 6.07) is 7.32. The van der Waals surface area contributed by atoms with Crippen LogP contribution >= 0.6 is 0 Å². The summed E-state index contributed by atoms with van der Waals surface area (Å²) in [6.45, 7) is 1.43. The van der Waals surface area contributed by atoms with Gasteiger partial charge in [-0.2, -0.15) is 9.57 Å². The van der Waals surface area contributed by atoms with Gasteiger partial charge in [-0.1, -0.05) is 6.07 Å². The Morgan fingerprint density at radius 1 is 1.55 bits per heavy atom. The molecule has 2 atom stereocenters. The fraction of sp³-hybridized carbons (Fsp3) is 0.571. The van der Waals surface area contributed by atoms with E-state index in [0.717, 1.165) is 6.42 Å². The maximum atomic E-state index is 11.6. The molecule has 0 bridgehead atoms. The third-order valence-electron chi connectivity index (χ3n) is 4.18. The molecule has 2 aliphatic rings. The van der Waals surface area contributed by atoms with E-state index in [4.69, 9.17) is 10.00 Å². The van der Waals surface area contributed by atoms with Crippen LogP contribution in [0.25, 0.3) is 0 Å². The fourth-order valence-electron chi connectivity index (χ4n) is 3.10. The molecule has 3 rings (SSSR count). The molecule has 0 aliphatic carbocycles. The molecule has 0 unspecified atom stereocenters. The van der Waals surface area contributed by atoms with E-state index in [2.05, 4.69) is 10.3 Å². The number of aromatic nitrogens is 1. The fourth-order valence-corrected chi connectivity index (χ4v) is 3.99. The molecule has 1 spiro atoms. The molecule has 2 saturated heterocycles. The van der Waals surface area contributed by atoms with Crippen LogP contribution in [-0.2, 0) is 14.8 Å². The first kappa shape index (κ1) is 15.2. The Labute approximate surface area is 130 Å². The van der Waals surface area contributed by atoms with Crippen LogP contribution in [0.5, 0.6) is 0 Å². The summed E-state index contributed by atoms with van der Waals surface area (Å²) in [6.07, 6.45) is 2.68. The molecular weight excluding hydrogens is 304 g/mol. The molecule has 1 N–H and O–H groups in total. The highest BCUT2D eigenvalue weighted by molar-refractivity contribution is 7.88. The van der Waals surface area contributed by atoms with Crippen molar-refractivity contribution < 1.29 is 13.2 Å². The number of nitrogens with one attached hydrogen (secondary N) is 1. The van der Waals surface area contributed by atoms with Crippen molar-refractivity contribution in [2.24, 2.45) is 0 Å². The van der Waals surface area contributed by atoms with Crippen molar-refractivity contribution in [3.8, 4) is 6.07 Å². The molecule has 2 aliphatic heterocycles. The smallest absolute Gasteiger partial charge is 0.211 e. The quantitative estimate of drug-likeness (QED) is 0.873. The number of hydrogen-bond donors (Lipinski definition) is 1. The number of nitriles is 1. The van der Waals surface area contributed by atoms with E-state index in [9.17, 15) is 8.42 Å². The molecule has 22 heavy (non-hydrogen) atoms. The van der Waals surface area contributed by atoms with Gasteiger partial charge in [-0.15, -0.1) is 0 Å². The van der Waals surface area contributed by atoms with Gasteiger partial charge >= 0.3 is 0 Å². The van der Waals surface area contributed by atoms with Gasteiger partial charge in [-0.05, 0) is 18.6 Å². The van der Waals surface area contributed by atoms with E-state index < -0.39 is 15.6 Å². The van der Waals surface area contributed by atoms with Gasteiger partial charge in [0.15, 0.2) is 0 Å². The molecule has 3 heterocycles. The predicted molar refractivity (Wildman–Crippen MR) is 80.7 cm³/mol. The molecule has 0 amide bonds. The van der Waals surface area contributed by atoms with Crippen LogP contribution in [-0.4, -0.2) is 55.3 Å². The van der Waals surface area contributed by atoms with Gasteiger partial charge in [0, 0.05) is 19.5 Å². The Morgan fingerprint density at radius 3 is 3.05 bits per heavy atom. The third kappa shape index (κ3) is 3.06. The molecule has 0 radical (unpaired) electrons. The number of anilines is 1. The summed E-state index contributed by atoms with van der Waals surface area (Å²) in [4.78, 5) is 4.19. The summed E-state index contributed by atoms with van der Waals surface area (Å²) in [5.41, 5.74) is -0.0316. The van der Waals surface area contributed by atoms with Crippen molar-refractivity contribution >= 4 is 15.8 Å². The lowest BCUT2D eigenvalue weighted by Crippen LogP contribution is -2.35.